The molecule has 0 amide bonds. The van der Waals surface area contributed by atoms with Crippen LogP contribution in [0.1, 0.15) is 11.3 Å². The van der Waals surface area contributed by atoms with Gasteiger partial charge in [0.2, 0.25) is 0 Å². The van der Waals surface area contributed by atoms with Gasteiger partial charge in [0.1, 0.15) is 5.75 Å². The Balaban J connectivity index is 2.22. The average Bonchev–Trinajstić information content (AvgIpc) is 2.69. The fourth-order valence-electron chi connectivity index (χ4n) is 1.63. The van der Waals surface area contributed by atoms with Crippen molar-refractivity contribution >= 4 is 0 Å². The number of nitrogens with two attached hydrogens (primary N) is 1. The Bertz CT molecular complexity index is 561. The van der Waals surface area contributed by atoms with Gasteiger partial charge in [0, 0.05) is 18.3 Å². The van der Waals surface area contributed by atoms with Gasteiger partial charge < -0.3 is 10.5 Å². The molecule has 19 heavy (non-hydrogen) atoms. The van der Waals surface area contributed by atoms with Crippen molar-refractivity contribution in [3.63, 3.8) is 0 Å². The van der Waals surface area contributed by atoms with Gasteiger partial charge in [0.15, 0.2) is 0 Å². The quantitative estimate of drug-likeness (QED) is 0.933. The molecule has 1 aromatic heterocycles. The van der Waals surface area contributed by atoms with E-state index >= 15 is 0 Å². The van der Waals surface area contributed by atoms with Gasteiger partial charge in [0.05, 0.1) is 11.4 Å². The summed E-state index contributed by atoms with van der Waals surface area (Å²) in [5.74, 6) is -0.265. The zero-order valence-electron chi connectivity index (χ0n) is 10.1. The number of nitrogens with zero attached hydrogens (tertiary/aromatic N) is 2. The lowest BCUT2D eigenvalue weighted by atomic mass is 10.3. The van der Waals surface area contributed by atoms with Crippen LogP contribution in [0.4, 0.5) is 13.2 Å². The third-order valence-electron chi connectivity index (χ3n) is 2.56. The highest BCUT2D eigenvalue weighted by Gasteiger charge is 2.30. The molecule has 0 aliphatic carbocycles. The van der Waals surface area contributed by atoms with E-state index in [9.17, 15) is 13.2 Å². The zero-order valence-corrected chi connectivity index (χ0v) is 10.1. The van der Waals surface area contributed by atoms with Gasteiger partial charge in [-0.2, -0.15) is 5.10 Å². The standard InChI is InChI=1S/C12H12F3N3O/c1-8-9(6-16)7-18(17-8)10-2-4-11(5-3-10)19-12(13,14)15/h2-5,7H,6,16H2,1H3. The van der Waals surface area contributed by atoms with Crippen LogP contribution in [0, 0.1) is 6.92 Å². The fourth-order valence-corrected chi connectivity index (χ4v) is 1.63. The molecule has 2 N–H and O–H groups in total. The lowest BCUT2D eigenvalue weighted by Gasteiger charge is -2.09. The highest BCUT2D eigenvalue weighted by molar-refractivity contribution is 5.38. The van der Waals surface area contributed by atoms with Gasteiger partial charge in [-0.05, 0) is 31.2 Å². The average molecular weight is 271 g/mol. The number of rotatable bonds is 3. The molecule has 0 radical (unpaired) electrons. The summed E-state index contributed by atoms with van der Waals surface area (Å²) in [5, 5.41) is 4.23. The molecule has 4 nitrogen and oxygen atoms in total. The van der Waals surface area contributed by atoms with E-state index in [2.05, 4.69) is 9.84 Å². The monoisotopic (exact) mass is 271 g/mol. The van der Waals surface area contributed by atoms with Gasteiger partial charge >= 0.3 is 6.36 Å². The minimum absolute atomic E-state index is 0.265. The Labute approximate surface area is 107 Å². The van der Waals surface area contributed by atoms with Crippen LogP contribution >= 0.6 is 0 Å². The smallest absolute Gasteiger partial charge is 0.406 e. The molecule has 0 saturated carbocycles. The first-order chi connectivity index (χ1) is 8.89. The summed E-state index contributed by atoms with van der Waals surface area (Å²) in [4.78, 5) is 0. The number of ether oxygens (including phenoxy) is 1. The van der Waals surface area contributed by atoms with Crippen molar-refractivity contribution in [2.45, 2.75) is 19.8 Å². The van der Waals surface area contributed by atoms with Crippen LogP contribution < -0.4 is 10.5 Å². The van der Waals surface area contributed by atoms with Crippen molar-refractivity contribution < 1.29 is 17.9 Å². The van der Waals surface area contributed by atoms with Crippen LogP contribution in [0.2, 0.25) is 0 Å². The molecule has 0 aliphatic heterocycles. The van der Waals surface area contributed by atoms with Gasteiger partial charge in [-0.25, -0.2) is 4.68 Å². The molecule has 7 heteroatoms. The normalized spacial score (nSPS) is 11.6. The van der Waals surface area contributed by atoms with Crippen LogP contribution in [0.5, 0.6) is 5.75 Å². The molecule has 2 aromatic rings. The number of alkyl halides is 3. The van der Waals surface area contributed by atoms with E-state index in [0.717, 1.165) is 11.3 Å². The molecule has 0 spiro atoms. The molecule has 0 saturated heterocycles. The minimum atomic E-state index is -4.68. The summed E-state index contributed by atoms with van der Waals surface area (Å²) in [5.41, 5.74) is 7.85. The van der Waals surface area contributed by atoms with Gasteiger partial charge in [-0.1, -0.05) is 0 Å². The lowest BCUT2D eigenvalue weighted by Crippen LogP contribution is -2.17. The minimum Gasteiger partial charge on any atom is -0.406 e. The lowest BCUT2D eigenvalue weighted by molar-refractivity contribution is -0.274. The van der Waals surface area contributed by atoms with Crippen LogP contribution in [0.15, 0.2) is 30.5 Å². The van der Waals surface area contributed by atoms with Crippen LogP contribution in [0.3, 0.4) is 0 Å². The van der Waals surface area contributed by atoms with E-state index < -0.39 is 6.36 Å². The van der Waals surface area contributed by atoms with Crippen molar-refractivity contribution in [3.05, 3.63) is 41.7 Å². The van der Waals surface area contributed by atoms with Gasteiger partial charge in [-0.3, -0.25) is 0 Å². The first-order valence-electron chi connectivity index (χ1n) is 5.50. The number of hydrogen-bond acceptors (Lipinski definition) is 3. The molecule has 0 bridgehead atoms. The van der Waals surface area contributed by atoms with E-state index in [-0.39, 0.29) is 5.75 Å². The second-order valence-electron chi connectivity index (χ2n) is 3.93. The maximum atomic E-state index is 12.0. The number of halogens is 3. The van der Waals surface area contributed by atoms with Crippen LogP contribution in [0.25, 0.3) is 5.69 Å². The molecule has 0 atom stereocenters. The summed E-state index contributed by atoms with van der Waals surface area (Å²) in [6.07, 6.45) is -2.94. The van der Waals surface area contributed by atoms with Crippen LogP contribution in [-0.4, -0.2) is 16.1 Å². The van der Waals surface area contributed by atoms with E-state index in [0.29, 0.717) is 12.2 Å². The van der Waals surface area contributed by atoms with Crippen molar-refractivity contribution in [1.29, 1.82) is 0 Å². The molecule has 1 heterocycles. The van der Waals surface area contributed by atoms with Crippen LogP contribution in [-0.2, 0) is 6.54 Å². The molecule has 102 valence electrons. The van der Waals surface area contributed by atoms with Crippen molar-refractivity contribution in [3.8, 4) is 11.4 Å². The summed E-state index contributed by atoms with van der Waals surface area (Å²) in [7, 11) is 0. The predicted octanol–water partition coefficient (Wildman–Crippen LogP) is 2.54. The summed E-state index contributed by atoms with van der Waals surface area (Å²) in [6, 6.07) is 5.46. The molecule has 0 unspecified atom stereocenters. The van der Waals surface area contributed by atoms with E-state index in [4.69, 9.17) is 5.73 Å². The Kier molecular flexibility index (Phi) is 3.48. The SMILES string of the molecule is Cc1nn(-c2ccc(OC(F)(F)F)cc2)cc1CN. The highest BCUT2D eigenvalue weighted by atomic mass is 19.4. The third kappa shape index (κ3) is 3.25. The van der Waals surface area contributed by atoms with E-state index in [1.807, 2.05) is 6.92 Å². The number of aryl methyl sites for hydroxylation is 1. The first kappa shape index (κ1) is 13.4. The Morgan fingerprint density at radius 1 is 1.26 bits per heavy atom. The molecule has 0 fully saturated rings. The summed E-state index contributed by atoms with van der Waals surface area (Å²) in [6.45, 7) is 2.18. The second-order valence-corrected chi connectivity index (χ2v) is 3.93. The van der Waals surface area contributed by atoms with E-state index in [1.54, 1.807) is 10.9 Å². The molecule has 2 rings (SSSR count). The highest BCUT2D eigenvalue weighted by Crippen LogP contribution is 2.23. The number of benzene rings is 1. The Morgan fingerprint density at radius 2 is 1.89 bits per heavy atom. The van der Waals surface area contributed by atoms with E-state index in [1.165, 1.54) is 24.3 Å². The molecule has 1 aromatic carbocycles. The topological polar surface area (TPSA) is 53.1 Å². The largest absolute Gasteiger partial charge is 0.573 e. The zero-order chi connectivity index (χ0) is 14.0. The predicted molar refractivity (Wildman–Crippen MR) is 62.9 cm³/mol. The summed E-state index contributed by atoms with van der Waals surface area (Å²) >= 11 is 0. The van der Waals surface area contributed by atoms with Crippen molar-refractivity contribution in [2.75, 3.05) is 0 Å². The fraction of sp³-hybridized carbons (Fsp3) is 0.250. The third-order valence-corrected chi connectivity index (χ3v) is 2.56. The summed E-state index contributed by atoms with van der Waals surface area (Å²) < 4.78 is 41.4. The maximum absolute atomic E-state index is 12.0. The Morgan fingerprint density at radius 3 is 2.37 bits per heavy atom. The van der Waals surface area contributed by atoms with Crippen molar-refractivity contribution in [2.24, 2.45) is 5.73 Å². The molecular weight excluding hydrogens is 259 g/mol. The number of aromatic nitrogens is 2. The van der Waals surface area contributed by atoms with Gasteiger partial charge in [0.25, 0.3) is 0 Å². The van der Waals surface area contributed by atoms with Crippen molar-refractivity contribution in [1.82, 2.24) is 9.78 Å². The first-order valence-corrected chi connectivity index (χ1v) is 5.50. The maximum Gasteiger partial charge on any atom is 0.573 e. The number of hydrogen-bond donors (Lipinski definition) is 1. The second kappa shape index (κ2) is 4.93. The Hall–Kier alpha value is -2.02. The molecule has 0 aliphatic rings. The molecular formula is C12H12F3N3O. The van der Waals surface area contributed by atoms with Gasteiger partial charge in [-0.15, -0.1) is 13.2 Å².